The lowest BCUT2D eigenvalue weighted by atomic mass is 10.0. The van der Waals surface area contributed by atoms with Crippen LogP contribution in [0.5, 0.6) is 0 Å². The summed E-state index contributed by atoms with van der Waals surface area (Å²) in [5.74, 6) is -0.862. The Labute approximate surface area is 435 Å². The summed E-state index contributed by atoms with van der Waals surface area (Å²) in [6, 6.07) is 0. The molecule has 410 valence electrons. The Kier molecular flexibility index (Phi) is 57.2. The van der Waals surface area contributed by atoms with Gasteiger partial charge in [0, 0.05) is 19.3 Å². The fourth-order valence-corrected chi connectivity index (χ4v) is 9.18. The highest BCUT2D eigenvalue weighted by molar-refractivity contribution is 5.71. The third-order valence-electron chi connectivity index (χ3n) is 13.9. The molecule has 0 spiro atoms. The average molecular weight is 984 g/mol. The standard InChI is InChI=1S/C64H118O6/c1-4-7-10-13-16-19-22-24-26-28-29-30-31-32-33-34-35-37-38-40-42-45-48-51-54-57-63(66)69-60-61(59-68-62(65)56-53-50-47-44-21-18-15-12-9-6-3)70-64(67)58-55-52-49-46-43-41-39-36-27-25-23-20-17-14-11-8-5-2/h17,20,25,27-29,61H,4-16,18-19,21-24,26,30-60H2,1-3H3/b20-17-,27-25-,29-28-. The van der Waals surface area contributed by atoms with Crippen LogP contribution in [0, 0.1) is 0 Å². The second kappa shape index (κ2) is 59.2. The molecule has 0 N–H and O–H groups in total. The Morgan fingerprint density at radius 2 is 0.514 bits per heavy atom. The lowest BCUT2D eigenvalue weighted by molar-refractivity contribution is -0.167. The number of esters is 3. The summed E-state index contributed by atoms with van der Waals surface area (Å²) in [6.07, 6.45) is 71.5. The molecule has 1 atom stereocenters. The molecule has 0 aliphatic carbocycles. The molecule has 0 saturated carbocycles. The topological polar surface area (TPSA) is 78.9 Å². The largest absolute Gasteiger partial charge is 0.462 e. The number of hydrogen-bond donors (Lipinski definition) is 0. The molecule has 6 heteroatoms. The second-order valence-electron chi connectivity index (χ2n) is 21.0. The zero-order valence-electron chi connectivity index (χ0n) is 47.1. The van der Waals surface area contributed by atoms with Crippen LogP contribution in [-0.2, 0) is 28.6 Å². The number of carbonyl (C=O) groups excluding carboxylic acids is 3. The van der Waals surface area contributed by atoms with Gasteiger partial charge in [0.1, 0.15) is 13.2 Å². The van der Waals surface area contributed by atoms with Gasteiger partial charge in [0.15, 0.2) is 6.10 Å². The molecule has 0 fully saturated rings. The van der Waals surface area contributed by atoms with Crippen LogP contribution in [0.15, 0.2) is 36.5 Å². The Bertz CT molecular complexity index is 1170. The minimum atomic E-state index is -0.773. The number of hydrogen-bond acceptors (Lipinski definition) is 6. The van der Waals surface area contributed by atoms with E-state index in [1.807, 2.05) is 0 Å². The molecule has 0 aromatic carbocycles. The number of unbranched alkanes of at least 4 members (excludes halogenated alkanes) is 40. The molecule has 0 saturated heterocycles. The molecule has 1 unspecified atom stereocenters. The van der Waals surface area contributed by atoms with E-state index in [2.05, 4.69) is 57.2 Å². The first-order valence-electron chi connectivity index (χ1n) is 31.0. The molecule has 0 heterocycles. The summed E-state index contributed by atoms with van der Waals surface area (Å²) >= 11 is 0. The van der Waals surface area contributed by atoms with E-state index >= 15 is 0 Å². The van der Waals surface area contributed by atoms with Crippen molar-refractivity contribution in [3.05, 3.63) is 36.5 Å². The van der Waals surface area contributed by atoms with Crippen LogP contribution in [0.1, 0.15) is 335 Å². The molecule has 0 bridgehead atoms. The minimum absolute atomic E-state index is 0.0716. The van der Waals surface area contributed by atoms with Gasteiger partial charge in [0.05, 0.1) is 0 Å². The van der Waals surface area contributed by atoms with Gasteiger partial charge in [-0.2, -0.15) is 0 Å². The van der Waals surface area contributed by atoms with Crippen molar-refractivity contribution in [2.75, 3.05) is 13.2 Å². The van der Waals surface area contributed by atoms with E-state index in [0.29, 0.717) is 19.3 Å². The highest BCUT2D eigenvalue weighted by Gasteiger charge is 2.19. The maximum atomic E-state index is 12.9. The van der Waals surface area contributed by atoms with Gasteiger partial charge in [-0.25, -0.2) is 0 Å². The first kappa shape index (κ1) is 67.6. The maximum Gasteiger partial charge on any atom is 0.306 e. The Balaban J connectivity index is 4.20. The van der Waals surface area contributed by atoms with Crippen LogP contribution in [-0.4, -0.2) is 37.2 Å². The van der Waals surface area contributed by atoms with Crippen molar-refractivity contribution in [2.45, 2.75) is 341 Å². The first-order chi connectivity index (χ1) is 34.5. The molecular weight excluding hydrogens is 865 g/mol. The third-order valence-corrected chi connectivity index (χ3v) is 13.9. The van der Waals surface area contributed by atoms with Gasteiger partial charge in [0.2, 0.25) is 0 Å². The van der Waals surface area contributed by atoms with E-state index in [0.717, 1.165) is 70.6 Å². The van der Waals surface area contributed by atoms with Gasteiger partial charge in [-0.05, 0) is 77.0 Å². The van der Waals surface area contributed by atoms with Crippen LogP contribution in [0.25, 0.3) is 0 Å². The summed E-state index contributed by atoms with van der Waals surface area (Å²) in [6.45, 7) is 6.64. The SMILES string of the molecule is CCCCC/C=C\C/C=C\CCCCCCCCCC(=O)OC(COC(=O)CCCCCCCCCCCC)COC(=O)CCCCCCCCCCCCCCC/C=C\CCCCCCCCCC. The van der Waals surface area contributed by atoms with Gasteiger partial charge in [0.25, 0.3) is 0 Å². The van der Waals surface area contributed by atoms with Gasteiger partial charge in [-0.15, -0.1) is 0 Å². The third kappa shape index (κ3) is 56.5. The van der Waals surface area contributed by atoms with Crippen LogP contribution in [0.4, 0.5) is 0 Å². The van der Waals surface area contributed by atoms with E-state index in [1.165, 1.54) is 225 Å². The summed E-state index contributed by atoms with van der Waals surface area (Å²) in [7, 11) is 0. The van der Waals surface area contributed by atoms with Crippen LogP contribution in [0.2, 0.25) is 0 Å². The highest BCUT2D eigenvalue weighted by Crippen LogP contribution is 2.17. The van der Waals surface area contributed by atoms with Gasteiger partial charge in [-0.3, -0.25) is 14.4 Å². The van der Waals surface area contributed by atoms with Crippen molar-refractivity contribution in [2.24, 2.45) is 0 Å². The van der Waals surface area contributed by atoms with Crippen LogP contribution in [0.3, 0.4) is 0 Å². The van der Waals surface area contributed by atoms with Gasteiger partial charge in [-0.1, -0.05) is 276 Å². The Hall–Kier alpha value is -2.37. The summed E-state index contributed by atoms with van der Waals surface area (Å²) in [5.41, 5.74) is 0. The van der Waals surface area contributed by atoms with Crippen LogP contribution < -0.4 is 0 Å². The second-order valence-corrected chi connectivity index (χ2v) is 21.0. The van der Waals surface area contributed by atoms with Crippen molar-refractivity contribution < 1.29 is 28.6 Å². The average Bonchev–Trinajstić information content (AvgIpc) is 3.36. The number of rotatable bonds is 57. The van der Waals surface area contributed by atoms with Crippen molar-refractivity contribution in [1.82, 2.24) is 0 Å². The lowest BCUT2D eigenvalue weighted by Gasteiger charge is -2.18. The molecule has 0 amide bonds. The Morgan fingerprint density at radius 1 is 0.286 bits per heavy atom. The molecule has 70 heavy (non-hydrogen) atoms. The van der Waals surface area contributed by atoms with Crippen molar-refractivity contribution in [1.29, 1.82) is 0 Å². The lowest BCUT2D eigenvalue weighted by Crippen LogP contribution is -2.30. The Morgan fingerprint density at radius 3 is 0.829 bits per heavy atom. The molecule has 6 nitrogen and oxygen atoms in total. The summed E-state index contributed by atoms with van der Waals surface area (Å²) in [5, 5.41) is 0. The molecule has 0 radical (unpaired) electrons. The van der Waals surface area contributed by atoms with Crippen molar-refractivity contribution in [3.63, 3.8) is 0 Å². The maximum absolute atomic E-state index is 12.9. The molecule has 0 rings (SSSR count). The summed E-state index contributed by atoms with van der Waals surface area (Å²) in [4.78, 5) is 38.1. The minimum Gasteiger partial charge on any atom is -0.462 e. The van der Waals surface area contributed by atoms with E-state index in [9.17, 15) is 14.4 Å². The predicted molar refractivity (Wildman–Crippen MR) is 302 cm³/mol. The van der Waals surface area contributed by atoms with Gasteiger partial charge >= 0.3 is 17.9 Å². The smallest absolute Gasteiger partial charge is 0.306 e. The van der Waals surface area contributed by atoms with E-state index in [4.69, 9.17) is 14.2 Å². The van der Waals surface area contributed by atoms with E-state index < -0.39 is 6.10 Å². The normalized spacial score (nSPS) is 12.2. The van der Waals surface area contributed by atoms with Gasteiger partial charge < -0.3 is 14.2 Å². The quantitative estimate of drug-likeness (QED) is 0.0261. The van der Waals surface area contributed by atoms with E-state index in [1.54, 1.807) is 0 Å². The number of ether oxygens (including phenoxy) is 3. The molecule has 0 aliphatic rings. The zero-order chi connectivity index (χ0) is 50.7. The molecule has 0 aliphatic heterocycles. The fourth-order valence-electron chi connectivity index (χ4n) is 9.18. The summed E-state index contributed by atoms with van der Waals surface area (Å²) < 4.78 is 16.9. The molecule has 0 aromatic heterocycles. The monoisotopic (exact) mass is 983 g/mol. The van der Waals surface area contributed by atoms with Crippen molar-refractivity contribution >= 4 is 17.9 Å². The highest BCUT2D eigenvalue weighted by atomic mass is 16.6. The molecular formula is C64H118O6. The number of carbonyl (C=O) groups is 3. The van der Waals surface area contributed by atoms with Crippen LogP contribution >= 0.6 is 0 Å². The first-order valence-corrected chi connectivity index (χ1v) is 31.0. The van der Waals surface area contributed by atoms with E-state index in [-0.39, 0.29) is 31.1 Å². The molecule has 0 aromatic rings. The predicted octanol–water partition coefficient (Wildman–Crippen LogP) is 20.8. The zero-order valence-corrected chi connectivity index (χ0v) is 47.1. The number of allylic oxidation sites excluding steroid dienone is 6. The van der Waals surface area contributed by atoms with Crippen molar-refractivity contribution in [3.8, 4) is 0 Å². The fraction of sp³-hybridized carbons (Fsp3) is 0.859.